The highest BCUT2D eigenvalue weighted by molar-refractivity contribution is 7.23. The number of benzene rings is 1. The average molecular weight is 288 g/mol. The van der Waals surface area contributed by atoms with Gasteiger partial charge in [0.1, 0.15) is 0 Å². The number of carbonyl (C=O) groups excluding carboxylic acids is 1. The predicted molar refractivity (Wildman–Crippen MR) is 77.7 cm³/mol. The first-order valence-corrected chi connectivity index (χ1v) is 6.85. The van der Waals surface area contributed by atoms with Crippen LogP contribution in [0, 0.1) is 13.8 Å². The highest BCUT2D eigenvalue weighted by Gasteiger charge is 2.14. The minimum Gasteiger partial charge on any atom is -0.464 e. The number of hydrogen-bond acceptors (Lipinski definition) is 5. The molecule has 0 saturated carbocycles. The molecule has 2 aromatic heterocycles. The maximum atomic E-state index is 12.2. The fourth-order valence-electron chi connectivity index (χ4n) is 2.09. The summed E-state index contributed by atoms with van der Waals surface area (Å²) in [6.07, 6.45) is 0. The largest absolute Gasteiger partial charge is 0.464 e. The highest BCUT2D eigenvalue weighted by Crippen LogP contribution is 2.26. The number of carbonyl (C=O) groups is 1. The quantitative estimate of drug-likeness (QED) is 0.645. The van der Waals surface area contributed by atoms with Crippen LogP contribution in [0.1, 0.15) is 21.6 Å². The molecule has 0 spiro atoms. The lowest BCUT2D eigenvalue weighted by Crippen LogP contribution is -2.17. The van der Waals surface area contributed by atoms with E-state index in [0.717, 1.165) is 21.3 Å². The van der Waals surface area contributed by atoms with Gasteiger partial charge in [-0.25, -0.2) is 9.78 Å². The zero-order valence-corrected chi connectivity index (χ0v) is 12.1. The Morgan fingerprint density at radius 3 is 2.65 bits per heavy atom. The Bertz CT molecular complexity index is 908. The van der Waals surface area contributed by atoms with Crippen LogP contribution in [0.15, 0.2) is 23.0 Å². The van der Waals surface area contributed by atoms with Gasteiger partial charge in [0.15, 0.2) is 10.7 Å². The van der Waals surface area contributed by atoms with Crippen molar-refractivity contribution in [2.24, 2.45) is 0 Å². The summed E-state index contributed by atoms with van der Waals surface area (Å²) in [5.74, 6) is -0.602. The number of fused-ring (bicyclic) bond motifs is 3. The normalized spacial score (nSPS) is 11.2. The molecule has 0 aliphatic carbocycles. The van der Waals surface area contributed by atoms with Crippen molar-refractivity contribution in [3.63, 3.8) is 0 Å². The predicted octanol–water partition coefficient (Wildman–Crippen LogP) is 2.31. The fourth-order valence-corrected chi connectivity index (χ4v) is 3.20. The second-order valence-corrected chi connectivity index (χ2v) is 5.60. The van der Waals surface area contributed by atoms with Crippen molar-refractivity contribution >= 4 is 32.5 Å². The molecule has 5 nitrogen and oxygen atoms in total. The smallest absolute Gasteiger partial charge is 0.356 e. The van der Waals surface area contributed by atoms with Crippen molar-refractivity contribution in [1.82, 2.24) is 9.38 Å². The zero-order chi connectivity index (χ0) is 14.4. The molecule has 0 fully saturated rings. The number of aryl methyl sites for hydroxylation is 2. The van der Waals surface area contributed by atoms with Crippen molar-refractivity contribution < 1.29 is 9.53 Å². The van der Waals surface area contributed by atoms with E-state index in [1.165, 1.54) is 28.9 Å². The van der Waals surface area contributed by atoms with E-state index >= 15 is 0 Å². The van der Waals surface area contributed by atoms with Crippen molar-refractivity contribution in [3.05, 3.63) is 45.4 Å². The van der Waals surface area contributed by atoms with E-state index < -0.39 is 5.97 Å². The van der Waals surface area contributed by atoms with E-state index in [1.807, 2.05) is 26.0 Å². The van der Waals surface area contributed by atoms with E-state index in [0.29, 0.717) is 4.96 Å². The lowest BCUT2D eigenvalue weighted by Gasteiger charge is -2.01. The molecule has 3 rings (SSSR count). The van der Waals surface area contributed by atoms with Gasteiger partial charge in [-0.05, 0) is 37.1 Å². The molecule has 1 aromatic carbocycles. The molecule has 0 bridgehead atoms. The van der Waals surface area contributed by atoms with Crippen LogP contribution < -0.4 is 5.56 Å². The molecule has 2 heterocycles. The fraction of sp³-hybridized carbons (Fsp3) is 0.214. The highest BCUT2D eigenvalue weighted by atomic mass is 32.1. The third-order valence-corrected chi connectivity index (χ3v) is 4.30. The molecule has 0 amide bonds. The van der Waals surface area contributed by atoms with Crippen LogP contribution in [0.2, 0.25) is 0 Å². The summed E-state index contributed by atoms with van der Waals surface area (Å²) in [4.78, 5) is 28.4. The van der Waals surface area contributed by atoms with Gasteiger partial charge in [-0.2, -0.15) is 0 Å². The van der Waals surface area contributed by atoms with Gasteiger partial charge in [0.05, 0.1) is 17.3 Å². The average Bonchev–Trinajstić information content (AvgIpc) is 2.76. The Morgan fingerprint density at radius 2 is 1.95 bits per heavy atom. The van der Waals surface area contributed by atoms with Gasteiger partial charge in [-0.1, -0.05) is 11.3 Å². The van der Waals surface area contributed by atoms with Crippen LogP contribution in [0.3, 0.4) is 0 Å². The number of nitrogens with zero attached hydrogens (tertiary/aromatic N) is 2. The van der Waals surface area contributed by atoms with Gasteiger partial charge in [-0.15, -0.1) is 0 Å². The van der Waals surface area contributed by atoms with E-state index in [9.17, 15) is 9.59 Å². The van der Waals surface area contributed by atoms with Gasteiger partial charge in [0.2, 0.25) is 0 Å². The molecular formula is C14H12N2O3S. The van der Waals surface area contributed by atoms with E-state index in [-0.39, 0.29) is 11.3 Å². The number of aromatic nitrogens is 2. The summed E-state index contributed by atoms with van der Waals surface area (Å²) in [6, 6.07) is 5.20. The molecule has 0 unspecified atom stereocenters. The molecular weight excluding hydrogens is 276 g/mol. The van der Waals surface area contributed by atoms with Crippen molar-refractivity contribution in [3.8, 4) is 0 Å². The molecule has 0 saturated heterocycles. The number of methoxy groups -OCH3 is 1. The van der Waals surface area contributed by atoms with Crippen LogP contribution >= 0.6 is 11.3 Å². The van der Waals surface area contributed by atoms with Crippen LogP contribution in [0.25, 0.3) is 15.2 Å². The minimum atomic E-state index is -0.602. The molecule has 0 aliphatic heterocycles. The summed E-state index contributed by atoms with van der Waals surface area (Å²) < 4.78 is 7.11. The summed E-state index contributed by atoms with van der Waals surface area (Å²) in [5, 5.41) is 0. The lowest BCUT2D eigenvalue weighted by molar-refractivity contribution is 0.0594. The molecule has 0 atom stereocenters. The van der Waals surface area contributed by atoms with Crippen molar-refractivity contribution in [2.45, 2.75) is 13.8 Å². The summed E-state index contributed by atoms with van der Waals surface area (Å²) in [7, 11) is 1.27. The third-order valence-electron chi connectivity index (χ3n) is 3.30. The Balaban J connectivity index is 2.42. The molecule has 20 heavy (non-hydrogen) atoms. The van der Waals surface area contributed by atoms with Crippen LogP contribution in [-0.4, -0.2) is 22.5 Å². The monoisotopic (exact) mass is 288 g/mol. The van der Waals surface area contributed by atoms with Gasteiger partial charge in [0.25, 0.3) is 5.56 Å². The number of esters is 1. The number of ether oxygens (including phenoxy) is 1. The zero-order valence-electron chi connectivity index (χ0n) is 11.3. The van der Waals surface area contributed by atoms with Crippen LogP contribution in [0.5, 0.6) is 0 Å². The Morgan fingerprint density at radius 1 is 1.25 bits per heavy atom. The number of hydrogen-bond donors (Lipinski definition) is 0. The summed E-state index contributed by atoms with van der Waals surface area (Å²) >= 11 is 1.38. The topological polar surface area (TPSA) is 60.7 Å². The molecule has 6 heteroatoms. The molecule has 0 aliphatic rings. The lowest BCUT2D eigenvalue weighted by atomic mass is 10.1. The van der Waals surface area contributed by atoms with Crippen molar-refractivity contribution in [2.75, 3.05) is 7.11 Å². The maximum absolute atomic E-state index is 12.2. The van der Waals surface area contributed by atoms with Crippen LogP contribution in [-0.2, 0) is 4.74 Å². The molecule has 3 aromatic rings. The third kappa shape index (κ3) is 1.80. The standard InChI is InChI=1S/C14H12N2O3S/c1-7-4-10-11(5-8(7)2)20-14-15-9(13(18)19-3)6-12(17)16(10)14/h4-6H,1-3H3. The molecule has 0 radical (unpaired) electrons. The Hall–Kier alpha value is -2.21. The summed E-state index contributed by atoms with van der Waals surface area (Å²) in [5.41, 5.74) is 2.86. The first-order chi connectivity index (χ1) is 9.51. The SMILES string of the molecule is COC(=O)c1cc(=O)n2c(n1)sc1cc(C)c(C)cc12. The second kappa shape index (κ2) is 4.42. The molecule has 102 valence electrons. The van der Waals surface area contributed by atoms with Gasteiger partial charge >= 0.3 is 5.97 Å². The summed E-state index contributed by atoms with van der Waals surface area (Å²) in [6.45, 7) is 4.02. The Kier molecular flexibility index (Phi) is 2.83. The van der Waals surface area contributed by atoms with Gasteiger partial charge < -0.3 is 4.74 Å². The minimum absolute atomic E-state index is 0.0394. The van der Waals surface area contributed by atoms with E-state index in [2.05, 4.69) is 9.72 Å². The van der Waals surface area contributed by atoms with Crippen LogP contribution in [0.4, 0.5) is 0 Å². The second-order valence-electron chi connectivity index (χ2n) is 4.60. The first kappa shape index (κ1) is 12.8. The number of thiazole rings is 1. The van der Waals surface area contributed by atoms with Gasteiger partial charge in [0, 0.05) is 6.07 Å². The number of rotatable bonds is 1. The van der Waals surface area contributed by atoms with Crippen molar-refractivity contribution in [1.29, 1.82) is 0 Å². The first-order valence-electron chi connectivity index (χ1n) is 6.03. The Labute approximate surface area is 118 Å². The molecule has 0 N–H and O–H groups in total. The van der Waals surface area contributed by atoms with E-state index in [4.69, 9.17) is 0 Å². The van der Waals surface area contributed by atoms with E-state index in [1.54, 1.807) is 0 Å². The maximum Gasteiger partial charge on any atom is 0.356 e. The van der Waals surface area contributed by atoms with Gasteiger partial charge in [-0.3, -0.25) is 9.20 Å².